The predicted octanol–water partition coefficient (Wildman–Crippen LogP) is 3.26. The lowest BCUT2D eigenvalue weighted by atomic mass is 9.83. The first kappa shape index (κ1) is 20.4. The number of hydrogen-bond acceptors (Lipinski definition) is 3. The van der Waals surface area contributed by atoms with Gasteiger partial charge < -0.3 is 15.4 Å². The van der Waals surface area contributed by atoms with Crippen LogP contribution in [0.15, 0.2) is 4.99 Å². The van der Waals surface area contributed by atoms with E-state index in [-0.39, 0.29) is 24.0 Å². The second-order valence-electron chi connectivity index (χ2n) is 6.39. The van der Waals surface area contributed by atoms with Gasteiger partial charge in [0, 0.05) is 39.1 Å². The zero-order valence-corrected chi connectivity index (χ0v) is 17.2. The fraction of sp³-hybridized carbons (Fsp3) is 0.938. The van der Waals surface area contributed by atoms with Crippen LogP contribution in [0.4, 0.5) is 0 Å². The van der Waals surface area contributed by atoms with E-state index >= 15 is 0 Å². The van der Waals surface area contributed by atoms with E-state index in [1.807, 2.05) is 7.05 Å². The highest BCUT2D eigenvalue weighted by atomic mass is 127. The third-order valence-electron chi connectivity index (χ3n) is 4.88. The molecule has 1 saturated heterocycles. The van der Waals surface area contributed by atoms with Crippen molar-refractivity contribution in [3.63, 3.8) is 0 Å². The van der Waals surface area contributed by atoms with Crippen LogP contribution in [0.2, 0.25) is 0 Å². The molecule has 1 aliphatic carbocycles. The Hall–Kier alpha value is 0.310. The summed E-state index contributed by atoms with van der Waals surface area (Å²) in [5.74, 6) is 2.28. The fourth-order valence-corrected chi connectivity index (χ4v) is 4.67. The van der Waals surface area contributed by atoms with Crippen molar-refractivity contribution in [2.45, 2.75) is 50.2 Å². The Kier molecular flexibility index (Phi) is 10.1. The summed E-state index contributed by atoms with van der Waals surface area (Å²) in [6.07, 6.45) is 9.21. The van der Waals surface area contributed by atoms with Crippen LogP contribution >= 0.6 is 35.7 Å². The molecule has 6 heteroatoms. The van der Waals surface area contributed by atoms with Gasteiger partial charge in [-0.15, -0.1) is 24.0 Å². The molecule has 2 fully saturated rings. The molecule has 2 aliphatic rings. The Bertz CT molecular complexity index is 329. The molecule has 1 saturated carbocycles. The Morgan fingerprint density at radius 3 is 2.64 bits per heavy atom. The maximum atomic E-state index is 5.30. The molecule has 130 valence electrons. The van der Waals surface area contributed by atoms with E-state index in [2.05, 4.69) is 27.4 Å². The number of hydrogen-bond donors (Lipinski definition) is 2. The molecule has 22 heavy (non-hydrogen) atoms. The summed E-state index contributed by atoms with van der Waals surface area (Å²) in [7, 11) is 3.67. The number of halogens is 1. The van der Waals surface area contributed by atoms with Crippen LogP contribution in [0.3, 0.4) is 0 Å². The average Bonchev–Trinajstić information content (AvgIpc) is 3.17. The van der Waals surface area contributed by atoms with E-state index in [4.69, 9.17) is 4.74 Å². The number of methoxy groups -OCH3 is 1. The van der Waals surface area contributed by atoms with Gasteiger partial charge in [0.25, 0.3) is 0 Å². The molecular formula is C16H32IN3OS. The lowest BCUT2D eigenvalue weighted by molar-refractivity contribution is 0.138. The highest BCUT2D eigenvalue weighted by Gasteiger charge is 2.33. The zero-order chi connectivity index (χ0) is 15.0. The first-order valence-electron chi connectivity index (χ1n) is 8.33. The molecular weight excluding hydrogens is 409 g/mol. The summed E-state index contributed by atoms with van der Waals surface area (Å²) in [4.78, 5) is 4.38. The van der Waals surface area contributed by atoms with Crippen LogP contribution in [-0.4, -0.2) is 50.8 Å². The summed E-state index contributed by atoms with van der Waals surface area (Å²) in [6.45, 7) is 2.93. The van der Waals surface area contributed by atoms with Crippen molar-refractivity contribution in [3.05, 3.63) is 0 Å². The fourth-order valence-electron chi connectivity index (χ4n) is 3.47. The molecule has 0 aromatic carbocycles. The van der Waals surface area contributed by atoms with Crippen molar-refractivity contribution in [2.75, 3.05) is 39.6 Å². The van der Waals surface area contributed by atoms with Crippen molar-refractivity contribution in [2.24, 2.45) is 10.4 Å². The highest BCUT2D eigenvalue weighted by Crippen LogP contribution is 2.40. The number of ether oxygens (including phenoxy) is 1. The Morgan fingerprint density at radius 2 is 2.05 bits per heavy atom. The van der Waals surface area contributed by atoms with E-state index in [0.29, 0.717) is 5.41 Å². The second-order valence-corrected chi connectivity index (χ2v) is 7.80. The van der Waals surface area contributed by atoms with Gasteiger partial charge in [-0.2, -0.15) is 11.8 Å². The molecule has 0 aromatic heterocycles. The number of guanidine groups is 1. The molecule has 0 aromatic rings. The molecule has 2 rings (SSSR count). The minimum atomic E-state index is 0. The first-order chi connectivity index (χ1) is 10.3. The number of rotatable bonds is 7. The third-order valence-corrected chi connectivity index (χ3v) is 6.27. The standard InChI is InChI=1S/C16H31N3OS.HI/c1-17-15(18-12-14-6-5-11-21-14)19-13-16(9-10-20-2)7-3-4-8-16;/h14H,3-13H2,1-2H3,(H2,17,18,19);1H. The van der Waals surface area contributed by atoms with Gasteiger partial charge in [0.15, 0.2) is 5.96 Å². The van der Waals surface area contributed by atoms with E-state index in [9.17, 15) is 0 Å². The monoisotopic (exact) mass is 441 g/mol. The van der Waals surface area contributed by atoms with Crippen molar-refractivity contribution in [1.29, 1.82) is 0 Å². The van der Waals surface area contributed by atoms with Crippen LogP contribution < -0.4 is 10.6 Å². The lowest BCUT2D eigenvalue weighted by Crippen LogP contribution is -2.44. The van der Waals surface area contributed by atoms with Crippen molar-refractivity contribution < 1.29 is 4.74 Å². The Labute approximate surface area is 157 Å². The summed E-state index contributed by atoms with van der Waals surface area (Å²) in [5, 5.41) is 7.82. The summed E-state index contributed by atoms with van der Waals surface area (Å²) in [5.41, 5.74) is 0.412. The minimum Gasteiger partial charge on any atom is -0.385 e. The maximum Gasteiger partial charge on any atom is 0.191 e. The minimum absolute atomic E-state index is 0. The van der Waals surface area contributed by atoms with Crippen LogP contribution in [0.25, 0.3) is 0 Å². The smallest absolute Gasteiger partial charge is 0.191 e. The number of thioether (sulfide) groups is 1. The van der Waals surface area contributed by atoms with Crippen molar-refractivity contribution in [3.8, 4) is 0 Å². The van der Waals surface area contributed by atoms with Gasteiger partial charge in [-0.25, -0.2) is 0 Å². The van der Waals surface area contributed by atoms with Gasteiger partial charge in [0.2, 0.25) is 0 Å². The number of aliphatic imine (C=N–C) groups is 1. The molecule has 1 unspecified atom stereocenters. The van der Waals surface area contributed by atoms with Gasteiger partial charge in [0.05, 0.1) is 0 Å². The molecule has 0 amide bonds. The molecule has 1 atom stereocenters. The molecule has 0 spiro atoms. The van der Waals surface area contributed by atoms with Gasteiger partial charge in [0.1, 0.15) is 0 Å². The first-order valence-corrected chi connectivity index (χ1v) is 9.38. The zero-order valence-electron chi connectivity index (χ0n) is 14.0. The second kappa shape index (κ2) is 11.0. The topological polar surface area (TPSA) is 45.7 Å². The third kappa shape index (κ3) is 6.43. The number of nitrogens with one attached hydrogen (secondary N) is 2. The highest BCUT2D eigenvalue weighted by molar-refractivity contribution is 14.0. The van der Waals surface area contributed by atoms with Gasteiger partial charge >= 0.3 is 0 Å². The molecule has 4 nitrogen and oxygen atoms in total. The molecule has 1 aliphatic heterocycles. The van der Waals surface area contributed by atoms with Crippen molar-refractivity contribution >= 4 is 41.7 Å². The summed E-state index contributed by atoms with van der Waals surface area (Å²) >= 11 is 2.09. The molecule has 0 bridgehead atoms. The largest absolute Gasteiger partial charge is 0.385 e. The Morgan fingerprint density at radius 1 is 1.27 bits per heavy atom. The SMILES string of the molecule is CN=C(NCC1CCCS1)NCC1(CCOC)CCCC1.I. The van der Waals surface area contributed by atoms with Crippen molar-refractivity contribution in [1.82, 2.24) is 10.6 Å². The van der Waals surface area contributed by atoms with E-state index < -0.39 is 0 Å². The molecule has 0 radical (unpaired) electrons. The van der Waals surface area contributed by atoms with Gasteiger partial charge in [-0.1, -0.05) is 12.8 Å². The predicted molar refractivity (Wildman–Crippen MR) is 108 cm³/mol. The van der Waals surface area contributed by atoms with E-state index in [1.165, 1.54) is 44.3 Å². The van der Waals surface area contributed by atoms with E-state index in [1.54, 1.807) is 7.11 Å². The van der Waals surface area contributed by atoms with Gasteiger partial charge in [-0.3, -0.25) is 4.99 Å². The number of nitrogens with zero attached hydrogens (tertiary/aromatic N) is 1. The van der Waals surface area contributed by atoms with Crippen LogP contribution in [0, 0.1) is 5.41 Å². The average molecular weight is 441 g/mol. The quantitative estimate of drug-likeness (QED) is 0.362. The maximum absolute atomic E-state index is 5.30. The normalized spacial score (nSPS) is 24.1. The van der Waals surface area contributed by atoms with E-state index in [0.717, 1.165) is 37.3 Å². The van der Waals surface area contributed by atoms with Gasteiger partial charge in [-0.05, 0) is 43.3 Å². The van der Waals surface area contributed by atoms with Crippen LogP contribution in [-0.2, 0) is 4.74 Å². The molecule has 1 heterocycles. The Balaban J connectivity index is 0.00000242. The van der Waals surface area contributed by atoms with Crippen LogP contribution in [0.1, 0.15) is 44.9 Å². The summed E-state index contributed by atoms with van der Waals surface area (Å²) < 4.78 is 5.30. The summed E-state index contributed by atoms with van der Waals surface area (Å²) in [6, 6.07) is 0. The molecule has 2 N–H and O–H groups in total. The van der Waals surface area contributed by atoms with Crippen LogP contribution in [0.5, 0.6) is 0 Å². The lowest BCUT2D eigenvalue weighted by Gasteiger charge is -2.30.